The quantitative estimate of drug-likeness (QED) is 0.292. The molecule has 0 N–H and O–H groups in total. The van der Waals surface area contributed by atoms with Gasteiger partial charge in [0.25, 0.3) is 11.1 Å². The molecule has 1 heterocycles. The average molecular weight is 559 g/mol. The molecular formula is C22H18BrCl2NO5S. The minimum Gasteiger partial charge on any atom is -0.488 e. The number of rotatable bonds is 7. The topological polar surface area (TPSA) is 72.9 Å². The van der Waals surface area contributed by atoms with E-state index in [1.807, 2.05) is 0 Å². The Hall–Kier alpha value is -2.00. The number of esters is 1. The maximum atomic E-state index is 12.8. The summed E-state index contributed by atoms with van der Waals surface area (Å²) in [6.07, 6.45) is 1.56. The molecule has 2 aromatic carbocycles. The standard InChI is InChI=1S/C22H18BrCl2NO5S/c1-3-30-21(28)12(2)26-20(27)19(32-22(26)29)9-14-8-15(23)5-7-18(14)31-11-13-4-6-16(24)10-17(13)25/h4-10,12H,3,11H2,1-2H3/b19-9+/t12-/m1/s1. The molecule has 1 aliphatic heterocycles. The van der Waals surface area contributed by atoms with E-state index >= 15 is 0 Å². The molecule has 0 saturated carbocycles. The molecule has 0 aliphatic carbocycles. The second-order valence-electron chi connectivity index (χ2n) is 6.69. The van der Waals surface area contributed by atoms with Crippen LogP contribution in [0, 0.1) is 0 Å². The maximum absolute atomic E-state index is 12.8. The third kappa shape index (κ3) is 5.67. The first-order chi connectivity index (χ1) is 15.2. The number of thioether (sulfide) groups is 1. The third-order valence-electron chi connectivity index (χ3n) is 4.50. The van der Waals surface area contributed by atoms with E-state index in [4.69, 9.17) is 32.7 Å². The predicted molar refractivity (Wildman–Crippen MR) is 129 cm³/mol. The fraction of sp³-hybridized carbons (Fsp3) is 0.227. The van der Waals surface area contributed by atoms with Crippen molar-refractivity contribution >= 4 is 74.1 Å². The SMILES string of the molecule is CCOC(=O)[C@@H](C)N1C(=O)S/C(=C/c2cc(Br)ccc2OCc2ccc(Cl)cc2Cl)C1=O. The van der Waals surface area contributed by atoms with Crippen molar-refractivity contribution in [3.63, 3.8) is 0 Å². The van der Waals surface area contributed by atoms with Crippen LogP contribution in [-0.4, -0.2) is 34.7 Å². The number of ether oxygens (including phenoxy) is 2. The van der Waals surface area contributed by atoms with Crippen molar-refractivity contribution in [3.8, 4) is 5.75 Å². The maximum Gasteiger partial charge on any atom is 0.329 e. The molecule has 0 unspecified atom stereocenters. The zero-order chi connectivity index (χ0) is 23.4. The van der Waals surface area contributed by atoms with Crippen LogP contribution in [0.1, 0.15) is 25.0 Å². The zero-order valence-corrected chi connectivity index (χ0v) is 21.0. The van der Waals surface area contributed by atoms with Crippen molar-refractivity contribution in [1.82, 2.24) is 4.90 Å². The highest BCUT2D eigenvalue weighted by molar-refractivity contribution is 9.10. The predicted octanol–water partition coefficient (Wildman–Crippen LogP) is 6.32. The van der Waals surface area contributed by atoms with Gasteiger partial charge in [-0.2, -0.15) is 0 Å². The molecule has 1 atom stereocenters. The van der Waals surface area contributed by atoms with E-state index in [-0.39, 0.29) is 18.1 Å². The summed E-state index contributed by atoms with van der Waals surface area (Å²) in [6, 6.07) is 9.40. The average Bonchev–Trinajstić information content (AvgIpc) is 3.01. The van der Waals surface area contributed by atoms with Gasteiger partial charge in [-0.1, -0.05) is 45.2 Å². The Balaban J connectivity index is 1.85. The van der Waals surface area contributed by atoms with E-state index in [9.17, 15) is 14.4 Å². The van der Waals surface area contributed by atoms with Crippen molar-refractivity contribution in [2.24, 2.45) is 0 Å². The van der Waals surface area contributed by atoms with E-state index in [0.717, 1.165) is 26.7 Å². The molecule has 0 spiro atoms. The van der Waals surface area contributed by atoms with Crippen LogP contribution < -0.4 is 4.74 Å². The molecule has 6 nitrogen and oxygen atoms in total. The summed E-state index contributed by atoms with van der Waals surface area (Å²) >= 11 is 16.3. The summed E-state index contributed by atoms with van der Waals surface area (Å²) in [5.41, 5.74) is 1.33. The molecule has 10 heteroatoms. The van der Waals surface area contributed by atoms with Crippen LogP contribution in [0.4, 0.5) is 4.79 Å². The Kier molecular flexibility index (Phi) is 8.27. The summed E-state index contributed by atoms with van der Waals surface area (Å²) < 4.78 is 11.6. The molecular weight excluding hydrogens is 541 g/mol. The van der Waals surface area contributed by atoms with Crippen LogP contribution >= 0.6 is 50.9 Å². The van der Waals surface area contributed by atoms with Crippen molar-refractivity contribution in [3.05, 3.63) is 66.9 Å². The van der Waals surface area contributed by atoms with Gasteiger partial charge < -0.3 is 9.47 Å². The molecule has 1 saturated heterocycles. The second kappa shape index (κ2) is 10.7. The minimum atomic E-state index is -1.02. The number of benzene rings is 2. The lowest BCUT2D eigenvalue weighted by atomic mass is 10.1. The Morgan fingerprint density at radius 2 is 1.97 bits per heavy atom. The smallest absolute Gasteiger partial charge is 0.329 e. The number of hydrogen-bond acceptors (Lipinski definition) is 6. The van der Waals surface area contributed by atoms with Gasteiger partial charge in [0.1, 0.15) is 18.4 Å². The van der Waals surface area contributed by atoms with Crippen molar-refractivity contribution in [2.45, 2.75) is 26.5 Å². The first kappa shape index (κ1) is 24.6. The van der Waals surface area contributed by atoms with E-state index in [1.165, 1.54) is 6.92 Å². The van der Waals surface area contributed by atoms with E-state index in [0.29, 0.717) is 21.4 Å². The number of hydrogen-bond donors (Lipinski definition) is 0. The van der Waals surface area contributed by atoms with Crippen LogP contribution in [0.5, 0.6) is 5.75 Å². The Bertz CT molecular complexity index is 1110. The fourth-order valence-corrected chi connectivity index (χ4v) is 4.62. The summed E-state index contributed by atoms with van der Waals surface area (Å²) in [4.78, 5) is 38.4. The van der Waals surface area contributed by atoms with Gasteiger partial charge in [-0.15, -0.1) is 0 Å². The summed E-state index contributed by atoms with van der Waals surface area (Å²) in [6.45, 7) is 3.45. The number of carbonyl (C=O) groups is 3. The Labute approximate surface area is 208 Å². The van der Waals surface area contributed by atoms with Crippen LogP contribution in [0.2, 0.25) is 10.0 Å². The van der Waals surface area contributed by atoms with Gasteiger partial charge in [0.05, 0.1) is 11.5 Å². The summed E-state index contributed by atoms with van der Waals surface area (Å²) in [5.74, 6) is -0.709. The van der Waals surface area contributed by atoms with Crippen molar-refractivity contribution < 1.29 is 23.9 Å². The summed E-state index contributed by atoms with van der Waals surface area (Å²) in [7, 11) is 0. The highest BCUT2D eigenvalue weighted by Crippen LogP contribution is 2.36. The molecule has 1 aliphatic rings. The monoisotopic (exact) mass is 557 g/mol. The molecule has 0 radical (unpaired) electrons. The fourth-order valence-electron chi connectivity index (χ4n) is 2.88. The number of halogens is 3. The van der Waals surface area contributed by atoms with Gasteiger partial charge in [-0.25, -0.2) is 4.79 Å². The molecule has 32 heavy (non-hydrogen) atoms. The first-order valence-electron chi connectivity index (χ1n) is 9.51. The normalized spacial score (nSPS) is 15.9. The number of nitrogens with zero attached hydrogens (tertiary/aromatic N) is 1. The lowest BCUT2D eigenvalue weighted by Gasteiger charge is -2.19. The molecule has 1 fully saturated rings. The van der Waals surface area contributed by atoms with Crippen molar-refractivity contribution in [1.29, 1.82) is 0 Å². The number of imide groups is 1. The molecule has 168 valence electrons. The van der Waals surface area contributed by atoms with E-state index in [2.05, 4.69) is 15.9 Å². The van der Waals surface area contributed by atoms with Gasteiger partial charge >= 0.3 is 5.97 Å². The molecule has 2 amide bonds. The van der Waals surface area contributed by atoms with Crippen molar-refractivity contribution in [2.75, 3.05) is 6.61 Å². The minimum absolute atomic E-state index is 0.158. The van der Waals surface area contributed by atoms with E-state index < -0.39 is 23.2 Å². The molecule has 0 aromatic heterocycles. The van der Waals surface area contributed by atoms with Crippen LogP contribution in [0.3, 0.4) is 0 Å². The van der Waals surface area contributed by atoms with E-state index in [1.54, 1.807) is 49.4 Å². The van der Waals surface area contributed by atoms with Gasteiger partial charge in [0.2, 0.25) is 0 Å². The van der Waals surface area contributed by atoms with Gasteiger partial charge in [-0.05, 0) is 62.0 Å². The highest BCUT2D eigenvalue weighted by atomic mass is 79.9. The Morgan fingerprint density at radius 1 is 1.22 bits per heavy atom. The lowest BCUT2D eigenvalue weighted by molar-refractivity contribution is -0.150. The number of carbonyl (C=O) groups excluding carboxylic acids is 3. The largest absolute Gasteiger partial charge is 0.488 e. The number of amides is 2. The van der Waals surface area contributed by atoms with Crippen LogP contribution in [0.25, 0.3) is 6.08 Å². The first-order valence-corrected chi connectivity index (χ1v) is 11.9. The van der Waals surface area contributed by atoms with Gasteiger partial charge in [0, 0.05) is 25.6 Å². The van der Waals surface area contributed by atoms with Gasteiger partial charge in [0.15, 0.2) is 0 Å². The Morgan fingerprint density at radius 3 is 2.66 bits per heavy atom. The lowest BCUT2D eigenvalue weighted by Crippen LogP contribution is -2.42. The molecule has 3 rings (SSSR count). The van der Waals surface area contributed by atoms with Crippen LogP contribution in [0.15, 0.2) is 45.8 Å². The second-order valence-corrected chi connectivity index (χ2v) is 9.44. The van der Waals surface area contributed by atoms with Gasteiger partial charge in [-0.3, -0.25) is 14.5 Å². The molecule has 2 aromatic rings. The summed E-state index contributed by atoms with van der Waals surface area (Å²) in [5, 5.41) is 0.466. The molecule has 0 bridgehead atoms. The van der Waals surface area contributed by atoms with Crippen LogP contribution in [-0.2, 0) is 20.9 Å². The third-order valence-corrected chi connectivity index (χ3v) is 6.46. The zero-order valence-electron chi connectivity index (χ0n) is 17.1. The highest BCUT2D eigenvalue weighted by Gasteiger charge is 2.41.